The van der Waals surface area contributed by atoms with Crippen LogP contribution in [0.1, 0.15) is 17.0 Å². The molecule has 0 saturated carbocycles. The molecule has 0 radical (unpaired) electrons. The second kappa shape index (κ2) is 5.68. The Morgan fingerprint density at radius 2 is 1.96 bits per heavy atom. The van der Waals surface area contributed by atoms with Crippen molar-refractivity contribution in [3.05, 3.63) is 39.6 Å². The van der Waals surface area contributed by atoms with Gasteiger partial charge < -0.3 is 9.47 Å². The van der Waals surface area contributed by atoms with Gasteiger partial charge in [-0.1, -0.05) is 27.7 Å². The largest absolute Gasteiger partial charge is 0.454 e. The van der Waals surface area contributed by atoms with Crippen LogP contribution in [0.5, 0.6) is 11.5 Å². The number of hydrogen-bond donors (Lipinski definition) is 0. The molecular formula is C15H13BrN4O2S. The van der Waals surface area contributed by atoms with Crippen molar-refractivity contribution in [3.8, 4) is 11.5 Å². The molecule has 0 spiro atoms. The number of nitrogens with zero attached hydrogens (tertiary/aromatic N) is 4. The fourth-order valence-corrected chi connectivity index (χ4v) is 3.88. The summed E-state index contributed by atoms with van der Waals surface area (Å²) in [5.41, 5.74) is 3.08. The van der Waals surface area contributed by atoms with Crippen molar-refractivity contribution in [1.82, 2.24) is 19.6 Å². The van der Waals surface area contributed by atoms with Gasteiger partial charge in [-0.3, -0.25) is 0 Å². The molecule has 0 bridgehead atoms. The second-order valence-electron chi connectivity index (χ2n) is 5.23. The highest BCUT2D eigenvalue weighted by atomic mass is 79.9. The summed E-state index contributed by atoms with van der Waals surface area (Å²) in [5.74, 6) is 2.91. The van der Waals surface area contributed by atoms with E-state index in [1.54, 1.807) is 16.3 Å². The first-order valence-corrected chi connectivity index (χ1v) is 8.80. The molecule has 2 aromatic heterocycles. The van der Waals surface area contributed by atoms with Crippen LogP contribution in [0.2, 0.25) is 0 Å². The maximum atomic E-state index is 5.43. The van der Waals surface area contributed by atoms with E-state index in [2.05, 4.69) is 31.0 Å². The Morgan fingerprint density at radius 1 is 1.17 bits per heavy atom. The molecule has 8 heteroatoms. The zero-order valence-corrected chi connectivity index (χ0v) is 14.9. The molecule has 6 nitrogen and oxygen atoms in total. The topological polar surface area (TPSA) is 61.5 Å². The third-order valence-electron chi connectivity index (χ3n) is 3.50. The van der Waals surface area contributed by atoms with Gasteiger partial charge in [0.05, 0.1) is 0 Å². The van der Waals surface area contributed by atoms with Crippen molar-refractivity contribution in [2.45, 2.75) is 24.8 Å². The lowest BCUT2D eigenvalue weighted by Gasteiger charge is -2.04. The Kier molecular flexibility index (Phi) is 3.65. The van der Waals surface area contributed by atoms with Crippen molar-refractivity contribution in [2.75, 3.05) is 6.79 Å². The van der Waals surface area contributed by atoms with E-state index >= 15 is 0 Å². The molecule has 23 heavy (non-hydrogen) atoms. The van der Waals surface area contributed by atoms with Gasteiger partial charge in [-0.2, -0.15) is 4.98 Å². The molecular weight excluding hydrogens is 380 g/mol. The van der Waals surface area contributed by atoms with Crippen LogP contribution in [0.25, 0.3) is 5.78 Å². The first-order chi connectivity index (χ1) is 11.1. The SMILES string of the molecule is Cc1cc(C)n2nc(SCc3cc4c(cc3Br)OCO4)nc2n1. The van der Waals surface area contributed by atoms with Crippen LogP contribution in [-0.2, 0) is 5.75 Å². The Morgan fingerprint density at radius 3 is 2.78 bits per heavy atom. The Labute approximate surface area is 145 Å². The summed E-state index contributed by atoms with van der Waals surface area (Å²) in [6.45, 7) is 4.23. The van der Waals surface area contributed by atoms with Gasteiger partial charge >= 0.3 is 0 Å². The van der Waals surface area contributed by atoms with E-state index in [9.17, 15) is 0 Å². The van der Waals surface area contributed by atoms with E-state index in [1.807, 2.05) is 32.0 Å². The molecule has 1 aliphatic rings. The van der Waals surface area contributed by atoms with E-state index in [4.69, 9.17) is 9.47 Å². The Balaban J connectivity index is 1.59. The van der Waals surface area contributed by atoms with Crippen molar-refractivity contribution in [1.29, 1.82) is 0 Å². The third kappa shape index (κ3) is 2.76. The average Bonchev–Trinajstić information content (AvgIpc) is 3.10. The molecule has 1 aromatic carbocycles. The maximum Gasteiger partial charge on any atom is 0.253 e. The zero-order chi connectivity index (χ0) is 16.0. The van der Waals surface area contributed by atoms with E-state index < -0.39 is 0 Å². The highest BCUT2D eigenvalue weighted by Crippen LogP contribution is 2.38. The minimum Gasteiger partial charge on any atom is -0.454 e. The first-order valence-electron chi connectivity index (χ1n) is 7.02. The summed E-state index contributed by atoms with van der Waals surface area (Å²) < 4.78 is 13.5. The molecule has 0 amide bonds. The third-order valence-corrected chi connectivity index (χ3v) is 5.12. The molecule has 118 valence electrons. The van der Waals surface area contributed by atoms with Crippen LogP contribution in [0.15, 0.2) is 27.8 Å². The van der Waals surface area contributed by atoms with Gasteiger partial charge in [0.1, 0.15) is 0 Å². The summed E-state index contributed by atoms with van der Waals surface area (Å²) in [4.78, 5) is 8.89. The van der Waals surface area contributed by atoms with E-state index in [1.165, 1.54) is 0 Å². The molecule has 0 N–H and O–H groups in total. The van der Waals surface area contributed by atoms with E-state index in [0.29, 0.717) is 10.9 Å². The number of aromatic nitrogens is 4. The van der Waals surface area contributed by atoms with Crippen LogP contribution in [0.3, 0.4) is 0 Å². The molecule has 1 aliphatic heterocycles. The van der Waals surface area contributed by atoms with Crippen LogP contribution >= 0.6 is 27.7 Å². The number of aryl methyl sites for hydroxylation is 2. The number of benzene rings is 1. The highest BCUT2D eigenvalue weighted by Gasteiger charge is 2.17. The van der Waals surface area contributed by atoms with E-state index in [-0.39, 0.29) is 6.79 Å². The predicted octanol–water partition coefficient (Wildman–Crippen LogP) is 3.52. The van der Waals surface area contributed by atoms with Gasteiger partial charge in [-0.15, -0.1) is 5.10 Å². The quantitative estimate of drug-likeness (QED) is 0.635. The van der Waals surface area contributed by atoms with Crippen LogP contribution in [-0.4, -0.2) is 26.4 Å². The monoisotopic (exact) mass is 392 g/mol. The smallest absolute Gasteiger partial charge is 0.253 e. The van der Waals surface area contributed by atoms with Crippen LogP contribution < -0.4 is 9.47 Å². The fraction of sp³-hybridized carbons (Fsp3) is 0.267. The van der Waals surface area contributed by atoms with Crippen molar-refractivity contribution >= 4 is 33.5 Å². The molecule has 0 saturated heterocycles. The summed E-state index contributed by atoms with van der Waals surface area (Å²) >= 11 is 5.14. The van der Waals surface area contributed by atoms with Gasteiger partial charge in [0.2, 0.25) is 11.9 Å². The summed E-state index contributed by atoms with van der Waals surface area (Å²) in [5, 5.41) is 5.21. The Bertz CT molecular complexity index is 912. The molecule has 0 unspecified atom stereocenters. The minimum absolute atomic E-state index is 0.274. The lowest BCUT2D eigenvalue weighted by molar-refractivity contribution is 0.174. The molecule has 0 aliphatic carbocycles. The summed E-state index contributed by atoms with van der Waals surface area (Å²) in [6.07, 6.45) is 0. The zero-order valence-electron chi connectivity index (χ0n) is 12.5. The standard InChI is InChI=1S/C15H13BrN4O2S/c1-8-3-9(2)20-14(17-8)18-15(19-20)23-6-10-4-12-13(5-11(10)16)22-7-21-12/h3-5H,6-7H2,1-2H3. The predicted molar refractivity (Wildman–Crippen MR) is 90.1 cm³/mol. The lowest BCUT2D eigenvalue weighted by Crippen LogP contribution is -1.97. The second-order valence-corrected chi connectivity index (χ2v) is 7.03. The maximum absolute atomic E-state index is 5.43. The number of fused-ring (bicyclic) bond motifs is 2. The van der Waals surface area contributed by atoms with Gasteiger partial charge in [-0.25, -0.2) is 9.50 Å². The van der Waals surface area contributed by atoms with Gasteiger partial charge in [0.15, 0.2) is 11.5 Å². The number of rotatable bonds is 3. The van der Waals surface area contributed by atoms with Gasteiger partial charge in [-0.05, 0) is 37.6 Å². The van der Waals surface area contributed by atoms with Crippen molar-refractivity contribution in [2.24, 2.45) is 0 Å². The van der Waals surface area contributed by atoms with Gasteiger partial charge in [0.25, 0.3) is 5.78 Å². The average molecular weight is 393 g/mol. The Hall–Kier alpha value is -1.80. The molecule has 3 aromatic rings. The highest BCUT2D eigenvalue weighted by molar-refractivity contribution is 9.10. The minimum atomic E-state index is 0.274. The normalized spacial score (nSPS) is 13.0. The summed E-state index contributed by atoms with van der Waals surface area (Å²) in [6, 6.07) is 5.91. The first kappa shape index (κ1) is 14.8. The number of ether oxygens (including phenoxy) is 2. The van der Waals surface area contributed by atoms with Crippen LogP contribution in [0.4, 0.5) is 0 Å². The van der Waals surface area contributed by atoms with Crippen molar-refractivity contribution in [3.63, 3.8) is 0 Å². The number of thioether (sulfide) groups is 1. The molecule has 0 fully saturated rings. The molecule has 3 heterocycles. The number of hydrogen-bond acceptors (Lipinski definition) is 6. The lowest BCUT2D eigenvalue weighted by atomic mass is 10.2. The van der Waals surface area contributed by atoms with Crippen molar-refractivity contribution < 1.29 is 9.47 Å². The molecule has 0 atom stereocenters. The van der Waals surface area contributed by atoms with Crippen LogP contribution in [0, 0.1) is 13.8 Å². The fourth-order valence-electron chi connectivity index (χ4n) is 2.42. The van der Waals surface area contributed by atoms with Gasteiger partial charge in [0, 0.05) is 21.6 Å². The number of halogens is 1. The molecule has 4 rings (SSSR count). The van der Waals surface area contributed by atoms with E-state index in [0.717, 1.165) is 38.7 Å². The summed E-state index contributed by atoms with van der Waals surface area (Å²) in [7, 11) is 0.